The van der Waals surface area contributed by atoms with Gasteiger partial charge < -0.3 is 13.7 Å². The van der Waals surface area contributed by atoms with Crippen LogP contribution in [0, 0.1) is 0 Å². The highest BCUT2D eigenvalue weighted by Gasteiger charge is 2.20. The summed E-state index contributed by atoms with van der Waals surface area (Å²) in [5.41, 5.74) is 11.3. The second kappa shape index (κ2) is 11.6. The topological polar surface area (TPSA) is 42.4 Å². The van der Waals surface area contributed by atoms with Gasteiger partial charge in [-0.1, -0.05) is 72.8 Å². The van der Waals surface area contributed by atoms with E-state index in [0.717, 1.165) is 88.9 Å². The smallest absolute Gasteiger partial charge is 0.136 e. The van der Waals surface area contributed by atoms with Gasteiger partial charge in [-0.05, 0) is 108 Å². The maximum atomic E-state index is 6.45. The number of hydrogen-bond acceptors (Lipinski definition) is 5. The zero-order valence-electron chi connectivity index (χ0n) is 26.8. The van der Waals surface area contributed by atoms with Crippen molar-refractivity contribution in [1.82, 2.24) is 4.98 Å². The summed E-state index contributed by atoms with van der Waals surface area (Å²) >= 11 is 1.72. The third kappa shape index (κ3) is 4.87. The van der Waals surface area contributed by atoms with E-state index < -0.39 is 0 Å². The van der Waals surface area contributed by atoms with Crippen LogP contribution < -0.4 is 4.90 Å². The SMILES string of the molecule is c1cc2ccc(-c3ccccc3N(c3ccc(-c4ccc5c(c4)oc4ccccc45)cc3)c3ccc(-c4nc5ccccc5s4)cc3)oc-2c1. The third-order valence-corrected chi connectivity index (χ3v) is 10.4. The Morgan fingerprint density at radius 2 is 1.16 bits per heavy atom. The van der Waals surface area contributed by atoms with E-state index >= 15 is 0 Å². The van der Waals surface area contributed by atoms with Crippen LogP contribution in [-0.2, 0) is 0 Å². The standard InChI is InChI=1S/C45H28N2O2S/c1-4-12-39(37(10-1)42-27-21-30-8-7-14-40(30)48-42)47(34-24-18-31(19-25-34)45-46-38-11-3-6-15-44(38)50-45)33-22-16-29(17-23-33)32-20-26-36-35-9-2-5-13-41(35)49-43(36)28-32/h1-28H. The summed E-state index contributed by atoms with van der Waals surface area (Å²) in [4.78, 5) is 7.20. The van der Waals surface area contributed by atoms with E-state index in [4.69, 9.17) is 13.8 Å². The molecule has 3 heterocycles. The van der Waals surface area contributed by atoms with Crippen molar-refractivity contribution in [1.29, 1.82) is 0 Å². The van der Waals surface area contributed by atoms with Crippen LogP contribution in [0.25, 0.3) is 76.5 Å². The average Bonchev–Trinajstić information content (AvgIpc) is 3.92. The number of benzene rings is 6. The Morgan fingerprint density at radius 1 is 0.460 bits per heavy atom. The van der Waals surface area contributed by atoms with Gasteiger partial charge in [0.1, 0.15) is 27.7 Å². The third-order valence-electron chi connectivity index (χ3n) is 9.36. The molecule has 0 saturated carbocycles. The number of furan rings is 1. The molecule has 0 bridgehead atoms. The monoisotopic (exact) mass is 660 g/mol. The number of para-hydroxylation sites is 3. The Labute approximate surface area is 292 Å². The summed E-state index contributed by atoms with van der Waals surface area (Å²) in [6.45, 7) is 0. The highest BCUT2D eigenvalue weighted by atomic mass is 32.1. The van der Waals surface area contributed by atoms with Gasteiger partial charge in [0.25, 0.3) is 0 Å². The first-order valence-corrected chi connectivity index (χ1v) is 17.4. The molecule has 2 aromatic heterocycles. The van der Waals surface area contributed by atoms with Gasteiger partial charge >= 0.3 is 0 Å². The minimum absolute atomic E-state index is 0.811. The van der Waals surface area contributed by atoms with Crippen LogP contribution in [0.15, 0.2) is 179 Å². The van der Waals surface area contributed by atoms with E-state index in [0.29, 0.717) is 0 Å². The number of aromatic nitrogens is 1. The molecule has 8 aromatic rings. The van der Waals surface area contributed by atoms with Gasteiger partial charge in [0.2, 0.25) is 0 Å². The minimum Gasteiger partial charge on any atom is -0.456 e. The lowest BCUT2D eigenvalue weighted by Crippen LogP contribution is -2.11. The van der Waals surface area contributed by atoms with Gasteiger partial charge in [-0.2, -0.15) is 0 Å². The first-order valence-electron chi connectivity index (χ1n) is 16.6. The number of thiazole rings is 1. The Morgan fingerprint density at radius 3 is 2.02 bits per heavy atom. The molecule has 2 aliphatic rings. The molecule has 0 unspecified atom stereocenters. The molecule has 0 N–H and O–H groups in total. The van der Waals surface area contributed by atoms with Crippen molar-refractivity contribution in [2.75, 3.05) is 4.90 Å². The normalized spacial score (nSPS) is 11.6. The van der Waals surface area contributed by atoms with E-state index in [1.165, 1.54) is 4.70 Å². The van der Waals surface area contributed by atoms with Crippen molar-refractivity contribution in [2.24, 2.45) is 0 Å². The van der Waals surface area contributed by atoms with Gasteiger partial charge in [-0.3, -0.25) is 0 Å². The number of rotatable bonds is 6. The molecule has 236 valence electrons. The van der Waals surface area contributed by atoms with Crippen molar-refractivity contribution in [2.45, 2.75) is 0 Å². The fourth-order valence-electron chi connectivity index (χ4n) is 6.87. The quantitative estimate of drug-likeness (QED) is 0.178. The molecule has 1 aliphatic heterocycles. The number of anilines is 3. The lowest BCUT2D eigenvalue weighted by molar-refractivity contribution is 0.583. The molecule has 1 aliphatic carbocycles. The maximum Gasteiger partial charge on any atom is 0.136 e. The Balaban J connectivity index is 1.08. The number of hydrogen-bond donors (Lipinski definition) is 0. The van der Waals surface area contributed by atoms with Gasteiger partial charge in [-0.25, -0.2) is 4.98 Å². The van der Waals surface area contributed by atoms with Gasteiger partial charge in [0, 0.05) is 38.8 Å². The highest BCUT2D eigenvalue weighted by molar-refractivity contribution is 7.21. The fourth-order valence-corrected chi connectivity index (χ4v) is 7.84. The summed E-state index contributed by atoms with van der Waals surface area (Å²) in [5.74, 6) is 1.68. The van der Waals surface area contributed by atoms with E-state index in [-0.39, 0.29) is 0 Å². The summed E-state index contributed by atoms with van der Waals surface area (Å²) < 4.78 is 13.8. The highest BCUT2D eigenvalue weighted by Crippen LogP contribution is 2.43. The predicted octanol–water partition coefficient (Wildman–Crippen LogP) is 13.4. The lowest BCUT2D eigenvalue weighted by atomic mass is 10.0. The molecule has 5 heteroatoms. The van der Waals surface area contributed by atoms with E-state index in [2.05, 4.69) is 144 Å². The van der Waals surface area contributed by atoms with Crippen LogP contribution in [0.5, 0.6) is 0 Å². The second-order valence-electron chi connectivity index (χ2n) is 12.4. The molecule has 6 aromatic carbocycles. The van der Waals surface area contributed by atoms with E-state index in [1.807, 2.05) is 30.3 Å². The molecular weight excluding hydrogens is 633 g/mol. The van der Waals surface area contributed by atoms with Crippen molar-refractivity contribution in [3.05, 3.63) is 170 Å². The van der Waals surface area contributed by atoms with Gasteiger partial charge in [0.15, 0.2) is 0 Å². The molecule has 0 spiro atoms. The maximum absolute atomic E-state index is 6.45. The van der Waals surface area contributed by atoms with Crippen LogP contribution >= 0.6 is 11.3 Å². The summed E-state index contributed by atoms with van der Waals surface area (Å²) in [7, 11) is 0. The zero-order valence-corrected chi connectivity index (χ0v) is 27.6. The van der Waals surface area contributed by atoms with Gasteiger partial charge in [-0.15, -0.1) is 11.3 Å². The first kappa shape index (κ1) is 28.6. The van der Waals surface area contributed by atoms with Crippen LogP contribution in [-0.4, -0.2) is 4.98 Å². The van der Waals surface area contributed by atoms with Crippen molar-refractivity contribution < 1.29 is 8.83 Å². The number of fused-ring (bicyclic) bond motifs is 5. The summed E-state index contributed by atoms with van der Waals surface area (Å²) in [5, 5.41) is 3.28. The Hall–Kier alpha value is -6.43. The van der Waals surface area contributed by atoms with Crippen molar-refractivity contribution in [3.63, 3.8) is 0 Å². The molecule has 0 atom stereocenters. The van der Waals surface area contributed by atoms with Crippen LogP contribution in [0.3, 0.4) is 0 Å². The molecule has 0 saturated heterocycles. The summed E-state index contributed by atoms with van der Waals surface area (Å²) in [6, 6.07) is 59.1. The van der Waals surface area contributed by atoms with Crippen molar-refractivity contribution >= 4 is 60.6 Å². The van der Waals surface area contributed by atoms with Gasteiger partial charge in [0.05, 0.1) is 15.9 Å². The number of nitrogens with zero attached hydrogens (tertiary/aromatic N) is 2. The molecule has 50 heavy (non-hydrogen) atoms. The van der Waals surface area contributed by atoms with Crippen LogP contribution in [0.4, 0.5) is 17.1 Å². The van der Waals surface area contributed by atoms with Crippen LogP contribution in [0.1, 0.15) is 0 Å². The van der Waals surface area contributed by atoms with E-state index in [1.54, 1.807) is 11.3 Å². The lowest BCUT2D eigenvalue weighted by Gasteiger charge is -2.28. The minimum atomic E-state index is 0.811. The Bertz CT molecular complexity index is 2740. The molecule has 4 nitrogen and oxygen atoms in total. The van der Waals surface area contributed by atoms with E-state index in [9.17, 15) is 0 Å². The molecule has 0 amide bonds. The van der Waals surface area contributed by atoms with Crippen molar-refractivity contribution in [3.8, 4) is 44.3 Å². The molecular formula is C45H28N2O2S. The first-order chi connectivity index (χ1) is 24.7. The average molecular weight is 661 g/mol. The Kier molecular flexibility index (Phi) is 6.64. The molecule has 10 rings (SSSR count). The second-order valence-corrected chi connectivity index (χ2v) is 13.4. The molecule has 0 radical (unpaired) electrons. The zero-order chi connectivity index (χ0) is 33.0. The van der Waals surface area contributed by atoms with Crippen LogP contribution in [0.2, 0.25) is 0 Å². The predicted molar refractivity (Wildman–Crippen MR) is 207 cm³/mol. The summed E-state index contributed by atoms with van der Waals surface area (Å²) in [6.07, 6.45) is 0. The molecule has 0 fully saturated rings. The largest absolute Gasteiger partial charge is 0.456 e. The fraction of sp³-hybridized carbons (Fsp3) is 0.